The van der Waals surface area contributed by atoms with E-state index >= 15 is 0 Å². The van der Waals surface area contributed by atoms with E-state index in [4.69, 9.17) is 5.26 Å². The van der Waals surface area contributed by atoms with Crippen molar-refractivity contribution in [2.45, 2.75) is 11.4 Å². The van der Waals surface area contributed by atoms with E-state index in [9.17, 15) is 8.42 Å². The molecule has 1 saturated heterocycles. The summed E-state index contributed by atoms with van der Waals surface area (Å²) in [5.74, 6) is 0. The maximum atomic E-state index is 13.0. The number of nitrogens with zero attached hydrogens (tertiary/aromatic N) is 3. The third-order valence-corrected chi connectivity index (χ3v) is 7.33. The molecule has 3 aromatic rings. The van der Waals surface area contributed by atoms with Gasteiger partial charge in [0.15, 0.2) is 0 Å². The van der Waals surface area contributed by atoms with Gasteiger partial charge in [0.25, 0.3) is 0 Å². The van der Waals surface area contributed by atoms with Crippen molar-refractivity contribution in [3.8, 4) is 17.2 Å². The number of nitriles is 1. The van der Waals surface area contributed by atoms with Gasteiger partial charge in [-0.05, 0) is 41.0 Å². The largest absolute Gasteiger partial charge is 0.296 e. The topological polar surface area (TPSA) is 64.4 Å². The van der Waals surface area contributed by atoms with Crippen molar-refractivity contribution in [3.63, 3.8) is 0 Å². The second kappa shape index (κ2) is 8.80. The van der Waals surface area contributed by atoms with Crippen LogP contribution in [0.4, 0.5) is 0 Å². The lowest BCUT2D eigenvalue weighted by Crippen LogP contribution is -2.48. The SMILES string of the molecule is N#Cc1ccc(CN2CCN(S(=O)(=O)c3ccc(-c4ccccc4)cc3)CC2)cc1. The minimum atomic E-state index is -3.50. The smallest absolute Gasteiger partial charge is 0.243 e. The normalized spacial score (nSPS) is 15.6. The van der Waals surface area contributed by atoms with E-state index in [1.54, 1.807) is 16.4 Å². The van der Waals surface area contributed by atoms with Crippen LogP contribution in [0.5, 0.6) is 0 Å². The standard InChI is InChI=1S/C24H23N3O2S/c25-18-20-6-8-21(9-7-20)19-26-14-16-27(17-15-26)30(28,29)24-12-10-23(11-13-24)22-4-2-1-3-5-22/h1-13H,14-17,19H2. The molecule has 0 aromatic heterocycles. The molecular formula is C24H23N3O2S. The van der Waals surface area contributed by atoms with Gasteiger partial charge in [0.2, 0.25) is 10.0 Å². The Labute approximate surface area is 177 Å². The molecule has 152 valence electrons. The molecule has 0 bridgehead atoms. The molecule has 5 nitrogen and oxygen atoms in total. The van der Waals surface area contributed by atoms with Gasteiger partial charge in [-0.15, -0.1) is 0 Å². The fourth-order valence-electron chi connectivity index (χ4n) is 3.67. The molecule has 1 fully saturated rings. The van der Waals surface area contributed by atoms with Gasteiger partial charge in [-0.2, -0.15) is 9.57 Å². The molecule has 4 rings (SSSR count). The highest BCUT2D eigenvalue weighted by Crippen LogP contribution is 2.23. The van der Waals surface area contributed by atoms with E-state index in [0.717, 1.165) is 23.2 Å². The fourth-order valence-corrected chi connectivity index (χ4v) is 5.09. The Balaban J connectivity index is 1.39. The predicted molar refractivity (Wildman–Crippen MR) is 117 cm³/mol. The molecule has 0 radical (unpaired) electrons. The van der Waals surface area contributed by atoms with Gasteiger partial charge in [-0.3, -0.25) is 4.90 Å². The van der Waals surface area contributed by atoms with E-state index in [1.807, 2.05) is 66.7 Å². The van der Waals surface area contributed by atoms with E-state index in [-0.39, 0.29) is 0 Å². The van der Waals surface area contributed by atoms with Crippen LogP contribution >= 0.6 is 0 Å². The zero-order valence-electron chi connectivity index (χ0n) is 16.6. The van der Waals surface area contributed by atoms with Crippen LogP contribution < -0.4 is 0 Å². The molecule has 1 heterocycles. The summed E-state index contributed by atoms with van der Waals surface area (Å²) in [4.78, 5) is 2.58. The van der Waals surface area contributed by atoms with Crippen molar-refractivity contribution >= 4 is 10.0 Å². The Morgan fingerprint density at radius 2 is 1.37 bits per heavy atom. The minimum absolute atomic E-state index is 0.336. The first-order valence-corrected chi connectivity index (χ1v) is 11.4. The average Bonchev–Trinajstić information content (AvgIpc) is 2.81. The Morgan fingerprint density at radius 3 is 1.97 bits per heavy atom. The lowest BCUT2D eigenvalue weighted by Gasteiger charge is -2.34. The van der Waals surface area contributed by atoms with Crippen molar-refractivity contribution in [2.24, 2.45) is 0 Å². The molecule has 30 heavy (non-hydrogen) atoms. The molecule has 0 N–H and O–H groups in total. The molecule has 0 saturated carbocycles. The summed E-state index contributed by atoms with van der Waals surface area (Å²) in [6.45, 7) is 3.06. The molecule has 6 heteroatoms. The van der Waals surface area contributed by atoms with E-state index < -0.39 is 10.0 Å². The van der Waals surface area contributed by atoms with E-state index in [0.29, 0.717) is 36.6 Å². The summed E-state index contributed by atoms with van der Waals surface area (Å²) in [5, 5.41) is 8.90. The summed E-state index contributed by atoms with van der Waals surface area (Å²) >= 11 is 0. The van der Waals surface area contributed by atoms with E-state index in [1.165, 1.54) is 0 Å². The van der Waals surface area contributed by atoms with E-state index in [2.05, 4.69) is 11.0 Å². The van der Waals surface area contributed by atoms with Crippen LogP contribution in [0.3, 0.4) is 0 Å². The molecule has 0 aliphatic carbocycles. The van der Waals surface area contributed by atoms with Crippen LogP contribution in [0.25, 0.3) is 11.1 Å². The summed E-state index contributed by atoms with van der Waals surface area (Å²) in [5.41, 5.74) is 3.84. The van der Waals surface area contributed by atoms with Crippen LogP contribution in [-0.4, -0.2) is 43.8 Å². The van der Waals surface area contributed by atoms with Crippen LogP contribution in [0.15, 0.2) is 83.8 Å². The van der Waals surface area contributed by atoms with Gasteiger partial charge in [-0.25, -0.2) is 8.42 Å². The Hall–Kier alpha value is -2.98. The number of rotatable bonds is 5. The summed E-state index contributed by atoms with van der Waals surface area (Å²) in [7, 11) is -3.50. The number of hydrogen-bond acceptors (Lipinski definition) is 4. The van der Waals surface area contributed by atoms with Gasteiger partial charge in [0.05, 0.1) is 16.5 Å². The van der Waals surface area contributed by atoms with Crippen LogP contribution in [0.2, 0.25) is 0 Å². The third kappa shape index (κ3) is 4.44. The zero-order chi connectivity index (χ0) is 21.0. The fraction of sp³-hybridized carbons (Fsp3) is 0.208. The monoisotopic (exact) mass is 417 g/mol. The highest BCUT2D eigenvalue weighted by molar-refractivity contribution is 7.89. The molecule has 0 amide bonds. The van der Waals surface area contributed by atoms with Crippen molar-refractivity contribution in [2.75, 3.05) is 26.2 Å². The first-order valence-electron chi connectivity index (χ1n) is 9.93. The molecule has 1 aliphatic rings. The second-order valence-electron chi connectivity index (χ2n) is 7.38. The van der Waals surface area contributed by atoms with Gasteiger partial charge >= 0.3 is 0 Å². The lowest BCUT2D eigenvalue weighted by molar-refractivity contribution is 0.181. The van der Waals surface area contributed by atoms with Gasteiger partial charge in [0, 0.05) is 32.7 Å². The average molecular weight is 418 g/mol. The summed E-state index contributed by atoms with van der Waals surface area (Å²) in [6, 6.07) is 26.7. The number of piperazine rings is 1. The quantitative estimate of drug-likeness (QED) is 0.635. The predicted octanol–water partition coefficient (Wildman–Crippen LogP) is 3.73. The molecular weight excluding hydrogens is 394 g/mol. The van der Waals surface area contributed by atoms with Crippen LogP contribution in [0, 0.1) is 11.3 Å². The van der Waals surface area contributed by atoms with Crippen molar-refractivity contribution in [1.29, 1.82) is 5.26 Å². The first kappa shape index (κ1) is 20.3. The maximum Gasteiger partial charge on any atom is 0.243 e. The summed E-state index contributed by atoms with van der Waals surface area (Å²) < 4.78 is 27.7. The van der Waals surface area contributed by atoms with Crippen molar-refractivity contribution in [3.05, 3.63) is 90.0 Å². The minimum Gasteiger partial charge on any atom is -0.296 e. The highest BCUT2D eigenvalue weighted by atomic mass is 32.2. The maximum absolute atomic E-state index is 13.0. The highest BCUT2D eigenvalue weighted by Gasteiger charge is 2.28. The number of benzene rings is 3. The first-order chi connectivity index (χ1) is 14.6. The Bertz CT molecular complexity index is 1130. The van der Waals surface area contributed by atoms with Crippen molar-refractivity contribution in [1.82, 2.24) is 9.21 Å². The van der Waals surface area contributed by atoms with Crippen LogP contribution in [0.1, 0.15) is 11.1 Å². The zero-order valence-corrected chi connectivity index (χ0v) is 17.4. The van der Waals surface area contributed by atoms with Crippen molar-refractivity contribution < 1.29 is 8.42 Å². The van der Waals surface area contributed by atoms with Gasteiger partial charge in [-0.1, -0.05) is 54.6 Å². The lowest BCUT2D eigenvalue weighted by atomic mass is 10.1. The summed E-state index contributed by atoms with van der Waals surface area (Å²) in [6.07, 6.45) is 0. The molecule has 3 aromatic carbocycles. The number of hydrogen-bond donors (Lipinski definition) is 0. The Kier molecular flexibility index (Phi) is 5.96. The number of sulfonamides is 1. The van der Waals surface area contributed by atoms with Gasteiger partial charge < -0.3 is 0 Å². The Morgan fingerprint density at radius 1 is 0.767 bits per heavy atom. The van der Waals surface area contributed by atoms with Crippen LogP contribution in [-0.2, 0) is 16.6 Å². The van der Waals surface area contributed by atoms with Gasteiger partial charge in [0.1, 0.15) is 0 Å². The molecule has 1 aliphatic heterocycles. The second-order valence-corrected chi connectivity index (χ2v) is 9.32. The molecule has 0 spiro atoms. The third-order valence-electron chi connectivity index (χ3n) is 5.42. The molecule has 0 unspecified atom stereocenters. The molecule has 0 atom stereocenters.